The fraction of sp³-hybridized carbons (Fsp3) is 0.333. The first-order chi connectivity index (χ1) is 8.15. The molecule has 1 unspecified atom stereocenters. The second-order valence-corrected chi connectivity index (χ2v) is 3.91. The van der Waals surface area contributed by atoms with Gasteiger partial charge in [-0.3, -0.25) is 9.69 Å². The molecule has 1 aromatic carbocycles. The van der Waals surface area contributed by atoms with Gasteiger partial charge in [0.1, 0.15) is 6.04 Å². The summed E-state index contributed by atoms with van der Waals surface area (Å²) in [7, 11) is 0. The maximum Gasteiger partial charge on any atom is 0.408 e. The Morgan fingerprint density at radius 2 is 2.18 bits per heavy atom. The van der Waals surface area contributed by atoms with Crippen LogP contribution in [0.3, 0.4) is 0 Å². The van der Waals surface area contributed by atoms with Gasteiger partial charge in [0.05, 0.1) is 6.54 Å². The summed E-state index contributed by atoms with van der Waals surface area (Å²) in [5, 5.41) is 11.8. The van der Waals surface area contributed by atoms with Crippen molar-refractivity contribution < 1.29 is 14.7 Å². The molecule has 2 amide bonds. The van der Waals surface area contributed by atoms with Gasteiger partial charge in [-0.15, -0.1) is 0 Å². The molecule has 0 bridgehead atoms. The number of nitrogens with zero attached hydrogens (tertiary/aromatic N) is 1. The fourth-order valence-corrected chi connectivity index (χ4v) is 2.12. The lowest BCUT2D eigenvalue weighted by atomic mass is 10.0. The molecule has 0 spiro atoms. The molecule has 1 aliphatic heterocycles. The molecule has 1 heterocycles. The van der Waals surface area contributed by atoms with Crippen LogP contribution < -0.4 is 5.32 Å². The standard InChI is InChI=1S/C12H14N2O3/c1-2-13-11(15)10-9-6-4-3-5-8(9)7-14(10)12(16)17/h3-6,10H,2,7H2,1H3,(H,13,15)(H,16,17). The third-order valence-corrected chi connectivity index (χ3v) is 2.85. The van der Waals surface area contributed by atoms with Crippen LogP contribution in [0.15, 0.2) is 24.3 Å². The summed E-state index contributed by atoms with van der Waals surface area (Å²) in [5.74, 6) is -0.264. The van der Waals surface area contributed by atoms with Crippen LogP contribution in [0.25, 0.3) is 0 Å². The quantitative estimate of drug-likeness (QED) is 0.811. The average molecular weight is 234 g/mol. The van der Waals surface area contributed by atoms with Crippen molar-refractivity contribution in [3.63, 3.8) is 0 Å². The van der Waals surface area contributed by atoms with Crippen LogP contribution in [0.5, 0.6) is 0 Å². The molecule has 0 fully saturated rings. The maximum atomic E-state index is 11.9. The number of hydrogen-bond acceptors (Lipinski definition) is 2. The first-order valence-electron chi connectivity index (χ1n) is 5.50. The highest BCUT2D eigenvalue weighted by Gasteiger charge is 2.37. The number of carboxylic acid groups (broad SMARTS) is 1. The van der Waals surface area contributed by atoms with Crippen LogP contribution in [-0.2, 0) is 11.3 Å². The molecule has 5 heteroatoms. The van der Waals surface area contributed by atoms with E-state index in [1.54, 1.807) is 6.07 Å². The van der Waals surface area contributed by atoms with E-state index in [-0.39, 0.29) is 12.5 Å². The Balaban J connectivity index is 2.37. The van der Waals surface area contributed by atoms with Gasteiger partial charge >= 0.3 is 6.09 Å². The van der Waals surface area contributed by atoms with Crippen molar-refractivity contribution in [3.8, 4) is 0 Å². The number of hydrogen-bond donors (Lipinski definition) is 2. The second-order valence-electron chi connectivity index (χ2n) is 3.91. The van der Waals surface area contributed by atoms with Gasteiger partial charge in [0.25, 0.3) is 0 Å². The molecule has 1 aliphatic rings. The van der Waals surface area contributed by atoms with Crippen LogP contribution in [0.2, 0.25) is 0 Å². The van der Waals surface area contributed by atoms with Crippen LogP contribution in [0.1, 0.15) is 24.1 Å². The molecule has 2 N–H and O–H groups in total. The first-order valence-corrected chi connectivity index (χ1v) is 5.50. The van der Waals surface area contributed by atoms with E-state index >= 15 is 0 Å². The van der Waals surface area contributed by atoms with Crippen molar-refractivity contribution in [2.75, 3.05) is 6.54 Å². The highest BCUT2D eigenvalue weighted by atomic mass is 16.4. The Morgan fingerprint density at radius 3 is 2.82 bits per heavy atom. The summed E-state index contributed by atoms with van der Waals surface area (Å²) in [6.07, 6.45) is -1.07. The summed E-state index contributed by atoms with van der Waals surface area (Å²) in [6.45, 7) is 2.57. The number of carbonyl (C=O) groups is 2. The predicted octanol–water partition coefficient (Wildman–Crippen LogP) is 1.36. The summed E-state index contributed by atoms with van der Waals surface area (Å²) >= 11 is 0. The summed E-state index contributed by atoms with van der Waals surface area (Å²) in [4.78, 5) is 24.2. The lowest BCUT2D eigenvalue weighted by Gasteiger charge is -2.21. The third-order valence-electron chi connectivity index (χ3n) is 2.85. The number of fused-ring (bicyclic) bond motifs is 1. The van der Waals surface area contributed by atoms with E-state index in [4.69, 9.17) is 5.11 Å². The van der Waals surface area contributed by atoms with Gasteiger partial charge in [0.2, 0.25) is 5.91 Å². The van der Waals surface area contributed by atoms with E-state index in [9.17, 15) is 9.59 Å². The second kappa shape index (κ2) is 4.45. The lowest BCUT2D eigenvalue weighted by Crippen LogP contribution is -2.39. The number of rotatable bonds is 2. The van der Waals surface area contributed by atoms with Crippen LogP contribution in [-0.4, -0.2) is 28.6 Å². The summed E-state index contributed by atoms with van der Waals surface area (Å²) in [5.41, 5.74) is 1.67. The molecule has 17 heavy (non-hydrogen) atoms. The Morgan fingerprint density at radius 1 is 1.47 bits per heavy atom. The van der Waals surface area contributed by atoms with Crippen LogP contribution in [0.4, 0.5) is 4.79 Å². The van der Waals surface area contributed by atoms with Crippen molar-refractivity contribution in [2.45, 2.75) is 19.5 Å². The molecule has 5 nitrogen and oxygen atoms in total. The van der Waals surface area contributed by atoms with Gasteiger partial charge in [-0.05, 0) is 18.1 Å². The van der Waals surface area contributed by atoms with Gasteiger partial charge < -0.3 is 10.4 Å². The summed E-state index contributed by atoms with van der Waals surface area (Å²) < 4.78 is 0. The van der Waals surface area contributed by atoms with Gasteiger partial charge in [0.15, 0.2) is 0 Å². The topological polar surface area (TPSA) is 69.6 Å². The van der Waals surface area contributed by atoms with Gasteiger partial charge in [-0.1, -0.05) is 24.3 Å². The summed E-state index contributed by atoms with van der Waals surface area (Å²) in [6, 6.07) is 6.60. The predicted molar refractivity (Wildman–Crippen MR) is 61.4 cm³/mol. The van der Waals surface area contributed by atoms with Crippen molar-refractivity contribution in [1.29, 1.82) is 0 Å². The van der Waals surface area contributed by atoms with Gasteiger partial charge in [0, 0.05) is 6.54 Å². The largest absolute Gasteiger partial charge is 0.465 e. The molecule has 0 aromatic heterocycles. The van der Waals surface area contributed by atoms with E-state index in [0.29, 0.717) is 6.54 Å². The molecule has 1 aromatic rings. The van der Waals surface area contributed by atoms with E-state index < -0.39 is 12.1 Å². The molecule has 2 rings (SSSR count). The van der Waals surface area contributed by atoms with Crippen LogP contribution in [0, 0.1) is 0 Å². The minimum atomic E-state index is -1.07. The Hall–Kier alpha value is -2.04. The van der Waals surface area contributed by atoms with Crippen LogP contribution >= 0.6 is 0 Å². The maximum absolute atomic E-state index is 11.9. The minimum absolute atomic E-state index is 0.264. The number of amides is 2. The Bertz CT molecular complexity index is 459. The molecular formula is C12H14N2O3. The molecular weight excluding hydrogens is 220 g/mol. The van der Waals surface area contributed by atoms with Crippen molar-refractivity contribution in [1.82, 2.24) is 10.2 Å². The SMILES string of the molecule is CCNC(=O)C1c2ccccc2CN1C(=O)O. The Labute approximate surface area is 99.0 Å². The number of carbonyl (C=O) groups excluding carboxylic acids is 1. The fourth-order valence-electron chi connectivity index (χ4n) is 2.12. The lowest BCUT2D eigenvalue weighted by molar-refractivity contribution is -0.125. The third kappa shape index (κ3) is 1.95. The zero-order chi connectivity index (χ0) is 12.4. The van der Waals surface area contributed by atoms with E-state index in [1.807, 2.05) is 25.1 Å². The normalized spacial score (nSPS) is 17.7. The monoisotopic (exact) mass is 234 g/mol. The molecule has 0 radical (unpaired) electrons. The van der Waals surface area contributed by atoms with Crippen molar-refractivity contribution in [2.24, 2.45) is 0 Å². The minimum Gasteiger partial charge on any atom is -0.465 e. The van der Waals surface area contributed by atoms with E-state index in [1.165, 1.54) is 0 Å². The van der Waals surface area contributed by atoms with Gasteiger partial charge in [-0.25, -0.2) is 4.79 Å². The first kappa shape index (κ1) is 11.4. The Kier molecular flexibility index (Phi) is 2.99. The number of benzene rings is 1. The molecule has 0 aliphatic carbocycles. The average Bonchev–Trinajstić information content (AvgIpc) is 2.68. The van der Waals surface area contributed by atoms with Gasteiger partial charge in [-0.2, -0.15) is 0 Å². The van der Waals surface area contributed by atoms with E-state index in [2.05, 4.69) is 5.32 Å². The zero-order valence-corrected chi connectivity index (χ0v) is 9.51. The number of nitrogens with one attached hydrogen (secondary N) is 1. The highest BCUT2D eigenvalue weighted by molar-refractivity contribution is 5.88. The number of likely N-dealkylation sites (N-methyl/N-ethyl adjacent to an activating group) is 1. The smallest absolute Gasteiger partial charge is 0.408 e. The van der Waals surface area contributed by atoms with E-state index in [0.717, 1.165) is 16.0 Å². The van der Waals surface area contributed by atoms with Crippen molar-refractivity contribution in [3.05, 3.63) is 35.4 Å². The molecule has 0 saturated carbocycles. The molecule has 1 atom stereocenters. The van der Waals surface area contributed by atoms with Crippen molar-refractivity contribution >= 4 is 12.0 Å². The molecule has 90 valence electrons. The zero-order valence-electron chi connectivity index (χ0n) is 9.51. The highest BCUT2D eigenvalue weighted by Crippen LogP contribution is 2.33. The molecule has 0 saturated heterocycles.